The van der Waals surface area contributed by atoms with Gasteiger partial charge >= 0.3 is 0 Å². The van der Waals surface area contributed by atoms with Crippen LogP contribution in [0.25, 0.3) is 0 Å². The predicted molar refractivity (Wildman–Crippen MR) is 63.9 cm³/mol. The molecule has 0 aromatic carbocycles. The van der Waals surface area contributed by atoms with Gasteiger partial charge in [0.1, 0.15) is 0 Å². The Morgan fingerprint density at radius 1 is 1.53 bits per heavy atom. The summed E-state index contributed by atoms with van der Waals surface area (Å²) < 4.78 is 5.59. The predicted octanol–water partition coefficient (Wildman–Crippen LogP) is 1.47. The highest BCUT2D eigenvalue weighted by Crippen LogP contribution is 2.25. The maximum Gasteiger partial charge on any atom is 0.0662 e. The lowest BCUT2D eigenvalue weighted by Gasteiger charge is -2.44. The van der Waals surface area contributed by atoms with Gasteiger partial charge < -0.3 is 10.5 Å². The van der Waals surface area contributed by atoms with E-state index in [1.807, 2.05) is 0 Å². The molecule has 1 rings (SSSR count). The van der Waals surface area contributed by atoms with Crippen molar-refractivity contribution in [2.75, 3.05) is 33.4 Å². The molecule has 3 heteroatoms. The third-order valence-corrected chi connectivity index (χ3v) is 3.77. The Bertz CT molecular complexity index is 178. The van der Waals surface area contributed by atoms with Crippen LogP contribution in [0.5, 0.6) is 0 Å². The summed E-state index contributed by atoms with van der Waals surface area (Å²) in [6.45, 7) is 8.07. The number of rotatable bonds is 5. The molecule has 0 spiro atoms. The molecule has 1 fully saturated rings. The van der Waals surface area contributed by atoms with Gasteiger partial charge in [0.25, 0.3) is 0 Å². The molecule has 1 aliphatic heterocycles. The molecule has 2 N–H and O–H groups in total. The molecule has 3 nitrogen and oxygen atoms in total. The first-order valence-electron chi connectivity index (χ1n) is 6.13. The lowest BCUT2D eigenvalue weighted by atomic mass is 9.90. The summed E-state index contributed by atoms with van der Waals surface area (Å²) in [6, 6.07) is 0. The molecule has 90 valence electrons. The second-order valence-corrected chi connectivity index (χ2v) is 4.98. The molecule has 0 bridgehead atoms. The van der Waals surface area contributed by atoms with Crippen LogP contribution < -0.4 is 5.73 Å². The van der Waals surface area contributed by atoms with E-state index in [0.29, 0.717) is 6.54 Å². The van der Waals surface area contributed by atoms with Crippen molar-refractivity contribution in [2.45, 2.75) is 38.6 Å². The molecule has 2 unspecified atom stereocenters. The van der Waals surface area contributed by atoms with Crippen LogP contribution in [0.1, 0.15) is 33.1 Å². The second kappa shape index (κ2) is 5.83. The molecule has 1 aliphatic rings. The van der Waals surface area contributed by atoms with Crippen molar-refractivity contribution in [1.82, 2.24) is 4.90 Å². The van der Waals surface area contributed by atoms with Gasteiger partial charge in [0.15, 0.2) is 0 Å². The quantitative estimate of drug-likeness (QED) is 0.753. The Hall–Kier alpha value is -0.120. The summed E-state index contributed by atoms with van der Waals surface area (Å²) in [5.41, 5.74) is 6.03. The van der Waals surface area contributed by atoms with E-state index in [-0.39, 0.29) is 5.54 Å². The minimum Gasteiger partial charge on any atom is -0.379 e. The minimum absolute atomic E-state index is 0.0989. The zero-order valence-corrected chi connectivity index (χ0v) is 10.5. The largest absolute Gasteiger partial charge is 0.379 e. The van der Waals surface area contributed by atoms with Gasteiger partial charge in [-0.3, -0.25) is 4.90 Å². The topological polar surface area (TPSA) is 38.5 Å². The molecule has 1 heterocycles. The summed E-state index contributed by atoms with van der Waals surface area (Å²) in [7, 11) is 2.19. The molecule has 0 aromatic rings. The van der Waals surface area contributed by atoms with Crippen molar-refractivity contribution in [2.24, 2.45) is 11.7 Å². The average molecular weight is 214 g/mol. The van der Waals surface area contributed by atoms with E-state index >= 15 is 0 Å². The van der Waals surface area contributed by atoms with E-state index in [2.05, 4.69) is 25.8 Å². The smallest absolute Gasteiger partial charge is 0.0662 e. The lowest BCUT2D eigenvalue weighted by molar-refractivity contribution is -0.0385. The van der Waals surface area contributed by atoms with Gasteiger partial charge in [-0.25, -0.2) is 0 Å². The zero-order valence-electron chi connectivity index (χ0n) is 10.5. The molecular weight excluding hydrogens is 188 g/mol. The van der Waals surface area contributed by atoms with Crippen molar-refractivity contribution in [3.8, 4) is 0 Å². The van der Waals surface area contributed by atoms with E-state index in [0.717, 1.165) is 32.1 Å². The maximum absolute atomic E-state index is 5.93. The zero-order chi connectivity index (χ0) is 11.3. The van der Waals surface area contributed by atoms with E-state index in [1.165, 1.54) is 12.8 Å². The highest BCUT2D eigenvalue weighted by molar-refractivity contribution is 4.92. The van der Waals surface area contributed by atoms with Crippen LogP contribution in [0.4, 0.5) is 0 Å². The highest BCUT2D eigenvalue weighted by atomic mass is 16.5. The fraction of sp³-hybridized carbons (Fsp3) is 1.00. The Labute approximate surface area is 94.0 Å². The normalized spacial score (nSPS) is 29.4. The number of nitrogens with zero attached hydrogens (tertiary/aromatic N) is 1. The summed E-state index contributed by atoms with van der Waals surface area (Å²) in [6.07, 6.45) is 3.55. The maximum atomic E-state index is 5.93. The van der Waals surface area contributed by atoms with E-state index in [1.54, 1.807) is 0 Å². The minimum atomic E-state index is 0.0989. The number of likely N-dealkylation sites (N-methyl/N-ethyl adjacent to an activating group) is 1. The standard InChI is InChI=1S/C12H26N2O/c1-4-11(2)8-14(3)12(9-13)6-5-7-15-10-12/h11H,4-10,13H2,1-3H3. The summed E-state index contributed by atoms with van der Waals surface area (Å²) in [5, 5.41) is 0. The van der Waals surface area contributed by atoms with E-state index in [4.69, 9.17) is 10.5 Å². The second-order valence-electron chi connectivity index (χ2n) is 4.98. The van der Waals surface area contributed by atoms with Crippen molar-refractivity contribution < 1.29 is 4.74 Å². The van der Waals surface area contributed by atoms with Gasteiger partial charge in [-0.2, -0.15) is 0 Å². The average Bonchev–Trinajstić information content (AvgIpc) is 2.29. The van der Waals surface area contributed by atoms with Gasteiger partial charge in [-0.05, 0) is 25.8 Å². The molecule has 15 heavy (non-hydrogen) atoms. The van der Waals surface area contributed by atoms with Gasteiger partial charge in [0.2, 0.25) is 0 Å². The highest BCUT2D eigenvalue weighted by Gasteiger charge is 2.35. The number of hydrogen-bond donors (Lipinski definition) is 1. The van der Waals surface area contributed by atoms with E-state index in [9.17, 15) is 0 Å². The van der Waals surface area contributed by atoms with Gasteiger partial charge in [-0.1, -0.05) is 20.3 Å². The van der Waals surface area contributed by atoms with Crippen LogP contribution in [0.15, 0.2) is 0 Å². The fourth-order valence-corrected chi connectivity index (χ4v) is 2.25. The fourth-order valence-electron chi connectivity index (χ4n) is 2.25. The Morgan fingerprint density at radius 2 is 2.27 bits per heavy atom. The molecule has 0 aromatic heterocycles. The van der Waals surface area contributed by atoms with Crippen LogP contribution >= 0.6 is 0 Å². The molecule has 0 aliphatic carbocycles. The molecule has 0 amide bonds. The van der Waals surface area contributed by atoms with Gasteiger partial charge in [0.05, 0.1) is 12.1 Å². The first kappa shape index (κ1) is 12.9. The van der Waals surface area contributed by atoms with Crippen molar-refractivity contribution >= 4 is 0 Å². The van der Waals surface area contributed by atoms with Gasteiger partial charge in [-0.15, -0.1) is 0 Å². The van der Waals surface area contributed by atoms with Crippen LogP contribution in [0.2, 0.25) is 0 Å². The number of nitrogens with two attached hydrogens (primary N) is 1. The summed E-state index contributed by atoms with van der Waals surface area (Å²) in [5.74, 6) is 0.736. The van der Waals surface area contributed by atoms with Crippen molar-refractivity contribution in [3.63, 3.8) is 0 Å². The third kappa shape index (κ3) is 3.16. The SMILES string of the molecule is CCC(C)CN(C)C1(CN)CCCOC1. The van der Waals surface area contributed by atoms with Crippen LogP contribution in [-0.4, -0.2) is 43.8 Å². The van der Waals surface area contributed by atoms with E-state index < -0.39 is 0 Å². The van der Waals surface area contributed by atoms with Crippen molar-refractivity contribution in [3.05, 3.63) is 0 Å². The Kier molecular flexibility index (Phi) is 5.03. The summed E-state index contributed by atoms with van der Waals surface area (Å²) >= 11 is 0. The molecular formula is C12H26N2O. The molecule has 0 radical (unpaired) electrons. The monoisotopic (exact) mass is 214 g/mol. The third-order valence-electron chi connectivity index (χ3n) is 3.77. The molecule has 1 saturated heterocycles. The Morgan fingerprint density at radius 3 is 2.73 bits per heavy atom. The first-order valence-corrected chi connectivity index (χ1v) is 6.13. The Balaban J connectivity index is 2.55. The summed E-state index contributed by atoms with van der Waals surface area (Å²) in [4.78, 5) is 2.42. The van der Waals surface area contributed by atoms with Crippen LogP contribution in [-0.2, 0) is 4.74 Å². The van der Waals surface area contributed by atoms with Crippen LogP contribution in [0.3, 0.4) is 0 Å². The first-order chi connectivity index (χ1) is 7.14. The van der Waals surface area contributed by atoms with Crippen LogP contribution in [0, 0.1) is 5.92 Å². The van der Waals surface area contributed by atoms with Crippen molar-refractivity contribution in [1.29, 1.82) is 0 Å². The number of hydrogen-bond acceptors (Lipinski definition) is 3. The molecule has 2 atom stereocenters. The lowest BCUT2D eigenvalue weighted by Crippen LogP contribution is -2.58. The molecule has 0 saturated carbocycles. The number of ether oxygens (including phenoxy) is 1. The van der Waals surface area contributed by atoms with Gasteiger partial charge in [0, 0.05) is 19.7 Å².